The highest BCUT2D eigenvalue weighted by Gasteiger charge is 2.05. The van der Waals surface area contributed by atoms with E-state index in [1.54, 1.807) is 0 Å². The lowest BCUT2D eigenvalue weighted by molar-refractivity contribution is -0.144. The Balaban J connectivity index is 2.30. The van der Waals surface area contributed by atoms with Crippen LogP contribution >= 0.6 is 0 Å². The Kier molecular flexibility index (Phi) is 8.96. The number of hydrogen-bond acceptors (Lipinski definition) is 4. The molecule has 0 fully saturated rings. The second-order valence-electron chi connectivity index (χ2n) is 5.26. The summed E-state index contributed by atoms with van der Waals surface area (Å²) in [5, 5.41) is 0. The Bertz CT molecular complexity index is 408. The second-order valence-corrected chi connectivity index (χ2v) is 5.26. The average molecular weight is 306 g/mol. The van der Waals surface area contributed by atoms with Crippen LogP contribution in [0.4, 0.5) is 0 Å². The molecule has 1 rings (SSSR count). The highest BCUT2D eigenvalue weighted by Crippen LogP contribution is 2.10. The minimum Gasteiger partial charge on any atom is -0.466 e. The third kappa shape index (κ3) is 7.81. The first-order valence-electron chi connectivity index (χ1n) is 8.04. The molecule has 122 valence electrons. The van der Waals surface area contributed by atoms with Crippen LogP contribution < -0.4 is 0 Å². The summed E-state index contributed by atoms with van der Waals surface area (Å²) < 4.78 is 10.1. The van der Waals surface area contributed by atoms with E-state index < -0.39 is 0 Å². The maximum atomic E-state index is 11.4. The van der Waals surface area contributed by atoms with Gasteiger partial charge in [-0.1, -0.05) is 38.1 Å². The topological polar surface area (TPSA) is 52.6 Å². The molecular formula is C18H26O4. The van der Waals surface area contributed by atoms with E-state index in [0.717, 1.165) is 24.0 Å². The number of esters is 2. The third-order valence-corrected chi connectivity index (χ3v) is 3.19. The van der Waals surface area contributed by atoms with Gasteiger partial charge in [0.15, 0.2) is 0 Å². The van der Waals surface area contributed by atoms with E-state index in [1.807, 2.05) is 38.1 Å². The summed E-state index contributed by atoms with van der Waals surface area (Å²) in [6.45, 7) is 4.94. The number of hydrogen-bond donors (Lipinski definition) is 0. The number of carbonyl (C=O) groups is 2. The molecule has 0 unspecified atom stereocenters. The van der Waals surface area contributed by atoms with Gasteiger partial charge in [0, 0.05) is 12.8 Å². The highest BCUT2D eigenvalue weighted by atomic mass is 16.5. The molecule has 1 aromatic rings. The molecule has 0 spiro atoms. The summed E-state index contributed by atoms with van der Waals surface area (Å²) >= 11 is 0. The summed E-state index contributed by atoms with van der Waals surface area (Å²) in [6.07, 6.45) is 3.87. The SMILES string of the molecule is CCCOC(=O)CCc1ccc(CCC(=O)OCCC)cc1. The fraction of sp³-hybridized carbons (Fsp3) is 0.556. The van der Waals surface area contributed by atoms with Crippen molar-refractivity contribution in [3.63, 3.8) is 0 Å². The molecule has 0 saturated heterocycles. The molecule has 4 heteroatoms. The molecule has 0 aliphatic heterocycles. The van der Waals surface area contributed by atoms with E-state index in [4.69, 9.17) is 9.47 Å². The van der Waals surface area contributed by atoms with Crippen molar-refractivity contribution in [2.24, 2.45) is 0 Å². The Hall–Kier alpha value is -1.84. The largest absolute Gasteiger partial charge is 0.466 e. The Morgan fingerprint density at radius 2 is 1.14 bits per heavy atom. The van der Waals surface area contributed by atoms with Gasteiger partial charge < -0.3 is 9.47 Å². The number of ether oxygens (including phenoxy) is 2. The highest BCUT2D eigenvalue weighted by molar-refractivity contribution is 5.70. The molecule has 4 nitrogen and oxygen atoms in total. The van der Waals surface area contributed by atoms with E-state index in [-0.39, 0.29) is 11.9 Å². The number of benzene rings is 1. The van der Waals surface area contributed by atoms with Gasteiger partial charge in [-0.05, 0) is 36.8 Å². The lowest BCUT2D eigenvalue weighted by Gasteiger charge is -2.06. The molecule has 0 atom stereocenters. The van der Waals surface area contributed by atoms with E-state index >= 15 is 0 Å². The van der Waals surface area contributed by atoms with Crippen molar-refractivity contribution >= 4 is 11.9 Å². The predicted octanol–water partition coefficient (Wildman–Crippen LogP) is 3.46. The van der Waals surface area contributed by atoms with Crippen LogP contribution in [-0.4, -0.2) is 25.2 Å². The minimum atomic E-state index is -0.149. The van der Waals surface area contributed by atoms with Gasteiger partial charge in [-0.3, -0.25) is 9.59 Å². The van der Waals surface area contributed by atoms with Gasteiger partial charge in [0.2, 0.25) is 0 Å². The van der Waals surface area contributed by atoms with E-state index in [2.05, 4.69) is 0 Å². The van der Waals surface area contributed by atoms with Crippen LogP contribution in [0.1, 0.15) is 50.7 Å². The summed E-state index contributed by atoms with van der Waals surface area (Å²) in [7, 11) is 0. The maximum absolute atomic E-state index is 11.4. The van der Waals surface area contributed by atoms with Gasteiger partial charge in [-0.2, -0.15) is 0 Å². The van der Waals surface area contributed by atoms with Crippen LogP contribution in [0.3, 0.4) is 0 Å². The zero-order chi connectivity index (χ0) is 16.2. The minimum absolute atomic E-state index is 0.149. The van der Waals surface area contributed by atoms with Crippen molar-refractivity contribution in [3.8, 4) is 0 Å². The third-order valence-electron chi connectivity index (χ3n) is 3.19. The smallest absolute Gasteiger partial charge is 0.306 e. The molecule has 0 heterocycles. The van der Waals surface area contributed by atoms with Crippen molar-refractivity contribution in [2.45, 2.75) is 52.4 Å². The van der Waals surface area contributed by atoms with Crippen molar-refractivity contribution in [2.75, 3.05) is 13.2 Å². The number of aryl methyl sites for hydroxylation is 2. The Labute approximate surface area is 132 Å². The van der Waals surface area contributed by atoms with Crippen LogP contribution in [0.15, 0.2) is 24.3 Å². The molecule has 0 aromatic heterocycles. The van der Waals surface area contributed by atoms with Crippen LogP contribution in [0.2, 0.25) is 0 Å². The summed E-state index contributed by atoms with van der Waals surface area (Å²) in [5.74, 6) is -0.297. The fourth-order valence-electron chi connectivity index (χ4n) is 1.94. The summed E-state index contributed by atoms with van der Waals surface area (Å²) in [4.78, 5) is 22.9. The predicted molar refractivity (Wildman–Crippen MR) is 85.6 cm³/mol. The molecule has 0 radical (unpaired) electrons. The molecule has 0 aliphatic carbocycles. The molecule has 0 bridgehead atoms. The van der Waals surface area contributed by atoms with E-state index in [1.165, 1.54) is 0 Å². The molecule has 1 aromatic carbocycles. The maximum Gasteiger partial charge on any atom is 0.306 e. The van der Waals surface area contributed by atoms with Gasteiger partial charge in [0.1, 0.15) is 0 Å². The average Bonchev–Trinajstić information content (AvgIpc) is 2.55. The van der Waals surface area contributed by atoms with Crippen LogP contribution in [0.5, 0.6) is 0 Å². The first-order valence-corrected chi connectivity index (χ1v) is 8.04. The van der Waals surface area contributed by atoms with E-state index in [0.29, 0.717) is 38.9 Å². The zero-order valence-corrected chi connectivity index (χ0v) is 13.6. The monoisotopic (exact) mass is 306 g/mol. The first kappa shape index (κ1) is 18.2. The number of carbonyl (C=O) groups excluding carboxylic acids is 2. The summed E-state index contributed by atoms with van der Waals surface area (Å²) in [5.41, 5.74) is 2.21. The van der Waals surface area contributed by atoms with Crippen molar-refractivity contribution in [3.05, 3.63) is 35.4 Å². The second kappa shape index (κ2) is 10.8. The quantitative estimate of drug-likeness (QED) is 0.621. The Morgan fingerprint density at radius 3 is 1.45 bits per heavy atom. The number of rotatable bonds is 10. The zero-order valence-electron chi connectivity index (χ0n) is 13.6. The molecule has 0 amide bonds. The normalized spacial score (nSPS) is 10.3. The van der Waals surface area contributed by atoms with Gasteiger partial charge >= 0.3 is 11.9 Å². The molecular weight excluding hydrogens is 280 g/mol. The van der Waals surface area contributed by atoms with Crippen molar-refractivity contribution in [1.29, 1.82) is 0 Å². The van der Waals surface area contributed by atoms with Crippen molar-refractivity contribution in [1.82, 2.24) is 0 Å². The standard InChI is InChI=1S/C18H26O4/c1-3-13-21-17(19)11-9-15-5-7-16(8-6-15)10-12-18(20)22-14-4-2/h5-8H,3-4,9-14H2,1-2H3. The van der Waals surface area contributed by atoms with Crippen LogP contribution in [-0.2, 0) is 31.9 Å². The lowest BCUT2D eigenvalue weighted by Crippen LogP contribution is -2.07. The fourth-order valence-corrected chi connectivity index (χ4v) is 1.94. The van der Waals surface area contributed by atoms with Gasteiger partial charge in [-0.25, -0.2) is 0 Å². The molecule has 0 aliphatic rings. The van der Waals surface area contributed by atoms with Gasteiger partial charge in [-0.15, -0.1) is 0 Å². The Morgan fingerprint density at radius 1 is 0.773 bits per heavy atom. The lowest BCUT2D eigenvalue weighted by atomic mass is 10.0. The molecule has 0 N–H and O–H groups in total. The van der Waals surface area contributed by atoms with Crippen LogP contribution in [0, 0.1) is 0 Å². The first-order chi connectivity index (χ1) is 10.7. The van der Waals surface area contributed by atoms with E-state index in [9.17, 15) is 9.59 Å². The van der Waals surface area contributed by atoms with Crippen LogP contribution in [0.25, 0.3) is 0 Å². The molecule has 22 heavy (non-hydrogen) atoms. The van der Waals surface area contributed by atoms with Gasteiger partial charge in [0.05, 0.1) is 13.2 Å². The summed E-state index contributed by atoms with van der Waals surface area (Å²) in [6, 6.07) is 8.00. The molecule has 0 saturated carbocycles. The van der Waals surface area contributed by atoms with Gasteiger partial charge in [0.25, 0.3) is 0 Å². The van der Waals surface area contributed by atoms with Crippen molar-refractivity contribution < 1.29 is 19.1 Å².